The van der Waals surface area contributed by atoms with E-state index < -0.39 is 6.10 Å². The van der Waals surface area contributed by atoms with Crippen LogP contribution in [-0.2, 0) is 0 Å². The van der Waals surface area contributed by atoms with Crippen LogP contribution in [0.4, 0.5) is 5.82 Å². The van der Waals surface area contributed by atoms with Crippen LogP contribution in [0.25, 0.3) is 0 Å². The highest BCUT2D eigenvalue weighted by atomic mass is 32.2. The third-order valence-electron chi connectivity index (χ3n) is 3.29. The van der Waals surface area contributed by atoms with Crippen LogP contribution >= 0.6 is 11.8 Å². The van der Waals surface area contributed by atoms with Crippen molar-refractivity contribution in [2.75, 3.05) is 11.5 Å². The Hall–Kier alpha value is -1.72. The minimum absolute atomic E-state index is 0.319. The zero-order valence-corrected chi connectivity index (χ0v) is 11.9. The topological polar surface area (TPSA) is 68.4 Å². The maximum Gasteiger partial charge on any atom is 0.138 e. The standard InChI is InChI=1S/C15H16N2O2S/c1-9-6-10(15(16)17-7-9)14(18)12-8-20-13-5-3-2-4-11(13)19-12/h2-7,12,14,18H,8H2,1H3,(H2,16,17). The van der Waals surface area contributed by atoms with Crippen LogP contribution in [0.3, 0.4) is 0 Å². The van der Waals surface area contributed by atoms with E-state index in [0.29, 0.717) is 17.1 Å². The van der Waals surface area contributed by atoms with E-state index in [2.05, 4.69) is 4.98 Å². The van der Waals surface area contributed by atoms with Crippen molar-refractivity contribution in [2.24, 2.45) is 0 Å². The Morgan fingerprint density at radius 1 is 1.45 bits per heavy atom. The number of nitrogens with two attached hydrogens (primary N) is 1. The fourth-order valence-corrected chi connectivity index (χ4v) is 3.26. The number of hydrogen-bond acceptors (Lipinski definition) is 5. The van der Waals surface area contributed by atoms with Crippen molar-refractivity contribution < 1.29 is 9.84 Å². The summed E-state index contributed by atoms with van der Waals surface area (Å²) < 4.78 is 5.89. The molecule has 2 atom stereocenters. The summed E-state index contributed by atoms with van der Waals surface area (Å²) in [6.07, 6.45) is 0.598. The zero-order chi connectivity index (χ0) is 14.1. The first-order valence-electron chi connectivity index (χ1n) is 6.43. The molecule has 0 saturated carbocycles. The van der Waals surface area contributed by atoms with Crippen molar-refractivity contribution in [1.29, 1.82) is 0 Å². The Bertz CT molecular complexity index is 633. The van der Waals surface area contributed by atoms with Crippen LogP contribution in [0, 0.1) is 6.92 Å². The number of ether oxygens (including phenoxy) is 1. The molecule has 1 aliphatic rings. The summed E-state index contributed by atoms with van der Waals surface area (Å²) in [6.45, 7) is 1.93. The molecule has 0 amide bonds. The average molecular weight is 288 g/mol. The predicted octanol–water partition coefficient (Wildman–Crippen LogP) is 2.56. The monoisotopic (exact) mass is 288 g/mol. The summed E-state index contributed by atoms with van der Waals surface area (Å²) >= 11 is 1.68. The molecule has 1 aliphatic heterocycles. The number of pyridine rings is 1. The van der Waals surface area contributed by atoms with E-state index >= 15 is 0 Å². The zero-order valence-electron chi connectivity index (χ0n) is 11.1. The van der Waals surface area contributed by atoms with Gasteiger partial charge in [-0.25, -0.2) is 4.98 Å². The van der Waals surface area contributed by atoms with Crippen LogP contribution in [0.5, 0.6) is 5.75 Å². The molecule has 2 unspecified atom stereocenters. The number of aromatic nitrogens is 1. The molecule has 2 aromatic rings. The van der Waals surface area contributed by atoms with Gasteiger partial charge in [0.25, 0.3) is 0 Å². The van der Waals surface area contributed by atoms with Crippen molar-refractivity contribution in [2.45, 2.75) is 24.0 Å². The normalized spacial score (nSPS) is 19.0. The summed E-state index contributed by atoms with van der Waals surface area (Å²) in [5, 5.41) is 10.5. The second kappa shape index (κ2) is 5.34. The largest absolute Gasteiger partial charge is 0.485 e. The predicted molar refractivity (Wildman–Crippen MR) is 79.9 cm³/mol. The molecule has 20 heavy (non-hydrogen) atoms. The molecule has 3 rings (SSSR count). The average Bonchev–Trinajstić information content (AvgIpc) is 2.48. The number of thioether (sulfide) groups is 1. The number of hydrogen-bond donors (Lipinski definition) is 2. The highest BCUT2D eigenvalue weighted by molar-refractivity contribution is 7.99. The first-order chi connectivity index (χ1) is 9.65. The van der Waals surface area contributed by atoms with E-state index in [-0.39, 0.29) is 6.10 Å². The minimum atomic E-state index is -0.775. The number of aliphatic hydroxyl groups is 1. The van der Waals surface area contributed by atoms with E-state index in [0.717, 1.165) is 16.2 Å². The number of nitrogens with zero attached hydrogens (tertiary/aromatic N) is 1. The Morgan fingerprint density at radius 3 is 3.10 bits per heavy atom. The summed E-state index contributed by atoms with van der Waals surface area (Å²) in [6, 6.07) is 9.71. The fourth-order valence-electron chi connectivity index (χ4n) is 2.23. The quantitative estimate of drug-likeness (QED) is 0.889. The van der Waals surface area contributed by atoms with Crippen molar-refractivity contribution in [1.82, 2.24) is 4.98 Å². The molecular formula is C15H16N2O2S. The lowest BCUT2D eigenvalue weighted by molar-refractivity contribution is 0.0460. The van der Waals surface area contributed by atoms with Crippen LogP contribution in [0.1, 0.15) is 17.2 Å². The van der Waals surface area contributed by atoms with Gasteiger partial charge in [0, 0.05) is 22.4 Å². The highest BCUT2D eigenvalue weighted by Crippen LogP contribution is 2.38. The lowest BCUT2D eigenvalue weighted by atomic mass is 10.0. The van der Waals surface area contributed by atoms with Gasteiger partial charge in [-0.15, -0.1) is 11.8 Å². The van der Waals surface area contributed by atoms with Gasteiger partial charge in [-0.1, -0.05) is 12.1 Å². The van der Waals surface area contributed by atoms with Crippen LogP contribution < -0.4 is 10.5 Å². The smallest absolute Gasteiger partial charge is 0.138 e. The number of aryl methyl sites for hydroxylation is 1. The minimum Gasteiger partial charge on any atom is -0.485 e. The molecule has 0 radical (unpaired) electrons. The number of aliphatic hydroxyl groups excluding tert-OH is 1. The van der Waals surface area contributed by atoms with Gasteiger partial charge in [-0.2, -0.15) is 0 Å². The van der Waals surface area contributed by atoms with E-state index in [1.165, 1.54) is 0 Å². The Labute approximate surface area is 122 Å². The Kier molecular flexibility index (Phi) is 3.54. The number of nitrogen functional groups attached to an aromatic ring is 1. The first kappa shape index (κ1) is 13.3. The summed E-state index contributed by atoms with van der Waals surface area (Å²) in [5.74, 6) is 1.86. The van der Waals surface area contributed by atoms with Gasteiger partial charge in [0.2, 0.25) is 0 Å². The molecule has 104 valence electrons. The van der Waals surface area contributed by atoms with Gasteiger partial charge in [-0.3, -0.25) is 0 Å². The molecule has 3 N–H and O–H groups in total. The highest BCUT2D eigenvalue weighted by Gasteiger charge is 2.29. The maximum atomic E-state index is 10.5. The van der Waals surface area contributed by atoms with E-state index in [1.54, 1.807) is 18.0 Å². The van der Waals surface area contributed by atoms with Gasteiger partial charge in [0.05, 0.1) is 0 Å². The summed E-state index contributed by atoms with van der Waals surface area (Å²) in [5.41, 5.74) is 7.46. The van der Waals surface area contributed by atoms with Gasteiger partial charge in [0.15, 0.2) is 0 Å². The molecule has 5 heteroatoms. The first-order valence-corrected chi connectivity index (χ1v) is 7.42. The molecule has 0 bridgehead atoms. The third-order valence-corrected chi connectivity index (χ3v) is 4.43. The van der Waals surface area contributed by atoms with Crippen LogP contribution in [-0.4, -0.2) is 21.9 Å². The van der Waals surface area contributed by atoms with Crippen LogP contribution in [0.2, 0.25) is 0 Å². The molecule has 1 aromatic carbocycles. The molecule has 0 fully saturated rings. The lowest BCUT2D eigenvalue weighted by Crippen LogP contribution is -2.31. The van der Waals surface area contributed by atoms with Gasteiger partial charge in [-0.05, 0) is 30.7 Å². The summed E-state index contributed by atoms with van der Waals surface area (Å²) in [4.78, 5) is 5.20. The molecule has 0 saturated heterocycles. The molecule has 0 spiro atoms. The molecule has 4 nitrogen and oxygen atoms in total. The molecular weight excluding hydrogens is 272 g/mol. The molecule has 1 aromatic heterocycles. The van der Waals surface area contributed by atoms with Gasteiger partial charge >= 0.3 is 0 Å². The molecule has 0 aliphatic carbocycles. The van der Waals surface area contributed by atoms with Gasteiger partial charge in [0.1, 0.15) is 23.8 Å². The number of benzene rings is 1. The Morgan fingerprint density at radius 2 is 2.25 bits per heavy atom. The lowest BCUT2D eigenvalue weighted by Gasteiger charge is -2.29. The SMILES string of the molecule is Cc1cnc(N)c(C(O)C2CSc3ccccc3O2)c1. The maximum absolute atomic E-state index is 10.5. The number of para-hydroxylation sites is 1. The van der Waals surface area contributed by atoms with E-state index in [1.807, 2.05) is 37.3 Å². The number of anilines is 1. The number of rotatable bonds is 2. The van der Waals surface area contributed by atoms with E-state index in [9.17, 15) is 5.11 Å². The van der Waals surface area contributed by atoms with Crippen molar-refractivity contribution in [3.8, 4) is 5.75 Å². The number of fused-ring (bicyclic) bond motifs is 1. The van der Waals surface area contributed by atoms with Crippen molar-refractivity contribution in [3.05, 3.63) is 47.7 Å². The second-order valence-corrected chi connectivity index (χ2v) is 5.91. The fraction of sp³-hybridized carbons (Fsp3) is 0.267. The van der Waals surface area contributed by atoms with Crippen molar-refractivity contribution in [3.63, 3.8) is 0 Å². The van der Waals surface area contributed by atoms with Crippen molar-refractivity contribution >= 4 is 17.6 Å². The summed E-state index contributed by atoms with van der Waals surface area (Å²) in [7, 11) is 0. The molecule has 2 heterocycles. The van der Waals surface area contributed by atoms with E-state index in [4.69, 9.17) is 10.5 Å². The van der Waals surface area contributed by atoms with Gasteiger partial charge < -0.3 is 15.6 Å². The Balaban J connectivity index is 1.85. The second-order valence-electron chi connectivity index (χ2n) is 4.85. The van der Waals surface area contributed by atoms with Crippen LogP contribution in [0.15, 0.2) is 41.4 Å². The third kappa shape index (κ3) is 2.46.